The first kappa shape index (κ1) is 18.9. The van der Waals surface area contributed by atoms with Crippen LogP contribution in [0.2, 0.25) is 0 Å². The zero-order valence-electron chi connectivity index (χ0n) is 14.5. The summed E-state index contributed by atoms with van der Waals surface area (Å²) < 4.78 is 0. The van der Waals surface area contributed by atoms with Crippen LogP contribution in [0.5, 0.6) is 0 Å². The molecule has 2 rings (SSSR count). The van der Waals surface area contributed by atoms with Gasteiger partial charge in [-0.05, 0) is 38.6 Å². The van der Waals surface area contributed by atoms with Crippen molar-refractivity contribution in [1.82, 2.24) is 15.6 Å². The number of hydrogen-bond acceptors (Lipinski definition) is 5. The summed E-state index contributed by atoms with van der Waals surface area (Å²) in [6.45, 7) is 7.80. The van der Waals surface area contributed by atoms with Crippen LogP contribution in [0.4, 0.5) is 0 Å². The van der Waals surface area contributed by atoms with Gasteiger partial charge in [0.15, 0.2) is 5.96 Å². The minimum absolute atomic E-state index is 0.328. The third-order valence-corrected chi connectivity index (χ3v) is 5.62. The molecule has 1 unspecified atom stereocenters. The van der Waals surface area contributed by atoms with Gasteiger partial charge in [0.1, 0.15) is 5.60 Å². The third kappa shape index (κ3) is 5.89. The van der Waals surface area contributed by atoms with E-state index in [0.29, 0.717) is 6.54 Å². The quantitative estimate of drug-likeness (QED) is 0.382. The number of nitrogens with one attached hydrogen (secondary N) is 2. The van der Waals surface area contributed by atoms with Crippen molar-refractivity contribution in [2.45, 2.75) is 39.2 Å². The van der Waals surface area contributed by atoms with E-state index < -0.39 is 5.60 Å². The highest BCUT2D eigenvalue weighted by Gasteiger charge is 2.23. The second kappa shape index (κ2) is 9.15. The smallest absolute Gasteiger partial charge is 0.191 e. The molecule has 0 bridgehead atoms. The Morgan fingerprint density at radius 1 is 1.38 bits per heavy atom. The lowest BCUT2D eigenvalue weighted by Crippen LogP contribution is -2.39. The second-order valence-corrected chi connectivity index (χ2v) is 7.75. The largest absolute Gasteiger partial charge is 0.383 e. The van der Waals surface area contributed by atoms with Crippen molar-refractivity contribution in [1.29, 1.82) is 0 Å². The lowest BCUT2D eigenvalue weighted by atomic mass is 10.1. The number of guanidine groups is 1. The Kier molecular flexibility index (Phi) is 7.20. The van der Waals surface area contributed by atoms with Crippen LogP contribution >= 0.6 is 22.7 Å². The minimum Gasteiger partial charge on any atom is -0.383 e. The van der Waals surface area contributed by atoms with Gasteiger partial charge >= 0.3 is 0 Å². The summed E-state index contributed by atoms with van der Waals surface area (Å²) >= 11 is 3.26. The average molecular weight is 367 g/mol. The van der Waals surface area contributed by atoms with Crippen molar-refractivity contribution in [3.63, 3.8) is 0 Å². The molecule has 3 N–H and O–H groups in total. The third-order valence-electron chi connectivity index (χ3n) is 3.47. The molecular formula is C17H26N4OS2. The second-order valence-electron chi connectivity index (χ2n) is 5.86. The van der Waals surface area contributed by atoms with Gasteiger partial charge in [0.2, 0.25) is 0 Å². The van der Waals surface area contributed by atoms with Gasteiger partial charge in [-0.3, -0.25) is 0 Å². The lowest BCUT2D eigenvalue weighted by molar-refractivity contribution is 0.0711. The van der Waals surface area contributed by atoms with Crippen molar-refractivity contribution in [2.24, 2.45) is 4.99 Å². The molecule has 0 aliphatic carbocycles. The van der Waals surface area contributed by atoms with Gasteiger partial charge in [-0.15, -0.1) is 22.7 Å². The molecule has 132 valence electrons. The van der Waals surface area contributed by atoms with E-state index in [0.717, 1.165) is 42.5 Å². The highest BCUT2D eigenvalue weighted by Crippen LogP contribution is 2.25. The fourth-order valence-electron chi connectivity index (χ4n) is 2.20. The predicted molar refractivity (Wildman–Crippen MR) is 103 cm³/mol. The molecule has 0 amide bonds. The van der Waals surface area contributed by atoms with E-state index in [-0.39, 0.29) is 0 Å². The maximum Gasteiger partial charge on any atom is 0.191 e. The van der Waals surface area contributed by atoms with E-state index in [1.54, 1.807) is 29.6 Å². The Morgan fingerprint density at radius 2 is 2.21 bits per heavy atom. The lowest BCUT2D eigenvalue weighted by Gasteiger charge is -2.20. The number of aromatic nitrogens is 1. The van der Waals surface area contributed by atoms with Crippen LogP contribution in [0.1, 0.15) is 35.8 Å². The highest BCUT2D eigenvalue weighted by atomic mass is 32.1. The topological polar surface area (TPSA) is 69.5 Å². The van der Waals surface area contributed by atoms with Crippen LogP contribution in [0.15, 0.2) is 27.9 Å². The Balaban J connectivity index is 1.82. The summed E-state index contributed by atoms with van der Waals surface area (Å²) in [5.74, 6) is 0.740. The molecule has 1 atom stereocenters. The van der Waals surface area contributed by atoms with Gasteiger partial charge in [-0.2, -0.15) is 0 Å². The average Bonchev–Trinajstić information content (AvgIpc) is 3.21. The van der Waals surface area contributed by atoms with Crippen LogP contribution in [-0.4, -0.2) is 35.7 Å². The number of thiophene rings is 1. The predicted octanol–water partition coefficient (Wildman–Crippen LogP) is 2.91. The number of nitrogens with zero attached hydrogens (tertiary/aromatic N) is 2. The van der Waals surface area contributed by atoms with Crippen LogP contribution in [0, 0.1) is 6.92 Å². The van der Waals surface area contributed by atoms with Gasteiger partial charge in [-0.25, -0.2) is 9.98 Å². The molecule has 5 nitrogen and oxygen atoms in total. The number of rotatable bonds is 8. The molecule has 0 saturated carbocycles. The van der Waals surface area contributed by atoms with E-state index in [9.17, 15) is 5.11 Å². The molecule has 0 radical (unpaired) electrons. The number of aliphatic hydroxyl groups is 1. The van der Waals surface area contributed by atoms with Crippen molar-refractivity contribution in [3.05, 3.63) is 38.5 Å². The summed E-state index contributed by atoms with van der Waals surface area (Å²) in [4.78, 5) is 9.93. The van der Waals surface area contributed by atoms with Gasteiger partial charge < -0.3 is 15.7 Å². The normalized spacial score (nSPS) is 14.4. The van der Waals surface area contributed by atoms with Gasteiger partial charge in [0.25, 0.3) is 0 Å². The molecule has 2 aromatic rings. The minimum atomic E-state index is -0.936. The first-order valence-corrected chi connectivity index (χ1v) is 9.96. The number of aliphatic imine (C=N–C) groups is 1. The first-order valence-electron chi connectivity index (χ1n) is 8.21. The fraction of sp³-hybridized carbons (Fsp3) is 0.529. The monoisotopic (exact) mass is 366 g/mol. The Morgan fingerprint density at radius 3 is 2.83 bits per heavy atom. The molecule has 0 saturated heterocycles. The molecule has 0 fully saturated rings. The van der Waals surface area contributed by atoms with Gasteiger partial charge in [0.05, 0.1) is 11.6 Å². The standard InChI is InChI=1S/C17H26N4OS2/c1-4-18-16(19-9-5-8-15-21-13(2)11-24-15)20-12-17(3,22)14-7-6-10-23-14/h6-7,10-11,22H,4-5,8-9,12H2,1-3H3,(H2,18,19,20). The van der Waals surface area contributed by atoms with E-state index in [1.807, 2.05) is 31.4 Å². The molecule has 0 spiro atoms. The van der Waals surface area contributed by atoms with Crippen molar-refractivity contribution < 1.29 is 5.11 Å². The molecule has 0 aliphatic rings. The highest BCUT2D eigenvalue weighted by molar-refractivity contribution is 7.10. The molecular weight excluding hydrogens is 340 g/mol. The van der Waals surface area contributed by atoms with E-state index in [2.05, 4.69) is 26.0 Å². The Hall–Kier alpha value is -1.44. The maximum atomic E-state index is 10.6. The van der Waals surface area contributed by atoms with Crippen molar-refractivity contribution in [3.8, 4) is 0 Å². The molecule has 2 aromatic heterocycles. The van der Waals surface area contributed by atoms with E-state index in [4.69, 9.17) is 0 Å². The molecule has 24 heavy (non-hydrogen) atoms. The summed E-state index contributed by atoms with van der Waals surface area (Å²) in [6.07, 6.45) is 1.97. The molecule has 7 heteroatoms. The van der Waals surface area contributed by atoms with Crippen LogP contribution in [-0.2, 0) is 12.0 Å². The number of thiazole rings is 1. The van der Waals surface area contributed by atoms with E-state index >= 15 is 0 Å². The van der Waals surface area contributed by atoms with Crippen molar-refractivity contribution >= 4 is 28.6 Å². The van der Waals surface area contributed by atoms with Crippen LogP contribution in [0.25, 0.3) is 0 Å². The zero-order chi connectivity index (χ0) is 17.4. The number of aryl methyl sites for hydroxylation is 2. The SMILES string of the molecule is CCNC(=NCC(C)(O)c1cccs1)NCCCc1nc(C)cs1. The Labute approximate surface area is 151 Å². The summed E-state index contributed by atoms with van der Waals surface area (Å²) in [7, 11) is 0. The van der Waals surface area contributed by atoms with Crippen LogP contribution < -0.4 is 10.6 Å². The maximum absolute atomic E-state index is 10.6. The zero-order valence-corrected chi connectivity index (χ0v) is 16.1. The summed E-state index contributed by atoms with van der Waals surface area (Å²) in [6, 6.07) is 3.89. The van der Waals surface area contributed by atoms with Gasteiger partial charge in [-0.1, -0.05) is 6.07 Å². The summed E-state index contributed by atoms with van der Waals surface area (Å²) in [5, 5.41) is 22.3. The van der Waals surface area contributed by atoms with Crippen LogP contribution in [0.3, 0.4) is 0 Å². The molecule has 2 heterocycles. The Bertz CT molecular complexity index is 635. The first-order chi connectivity index (χ1) is 11.5. The van der Waals surface area contributed by atoms with E-state index in [1.165, 1.54) is 5.01 Å². The molecule has 0 aliphatic heterocycles. The molecule has 0 aromatic carbocycles. The number of hydrogen-bond donors (Lipinski definition) is 3. The fourth-order valence-corrected chi connectivity index (χ4v) is 3.80. The van der Waals surface area contributed by atoms with Gasteiger partial charge in [0, 0.05) is 35.5 Å². The summed E-state index contributed by atoms with van der Waals surface area (Å²) in [5.41, 5.74) is 0.156. The van der Waals surface area contributed by atoms with Crippen molar-refractivity contribution in [2.75, 3.05) is 19.6 Å².